The standard InChI is InChI=1S/C14H30N4O3.HI/c1-19-12-13-20-9-3-5-17-14(15)16-4-2-6-18-7-10-21-11-8-18;/h2-13H2,1H3,(H3,15,16,17);1H. The van der Waals surface area contributed by atoms with Gasteiger partial charge >= 0.3 is 0 Å². The van der Waals surface area contributed by atoms with E-state index in [0.717, 1.165) is 52.2 Å². The van der Waals surface area contributed by atoms with Crippen molar-refractivity contribution in [1.29, 1.82) is 0 Å². The van der Waals surface area contributed by atoms with Crippen molar-refractivity contribution >= 4 is 29.9 Å². The van der Waals surface area contributed by atoms with Gasteiger partial charge in [-0.15, -0.1) is 24.0 Å². The van der Waals surface area contributed by atoms with E-state index in [2.05, 4.69) is 15.2 Å². The predicted octanol–water partition coefficient (Wildman–Crippen LogP) is 0.284. The van der Waals surface area contributed by atoms with Crippen LogP contribution in [0.2, 0.25) is 0 Å². The number of hydrogen-bond donors (Lipinski definition) is 2. The van der Waals surface area contributed by atoms with Gasteiger partial charge in [0.2, 0.25) is 0 Å². The molecule has 22 heavy (non-hydrogen) atoms. The number of nitrogens with two attached hydrogens (primary N) is 1. The summed E-state index contributed by atoms with van der Waals surface area (Å²) in [4.78, 5) is 6.68. The van der Waals surface area contributed by atoms with Crippen molar-refractivity contribution in [3.63, 3.8) is 0 Å². The van der Waals surface area contributed by atoms with E-state index >= 15 is 0 Å². The molecule has 0 atom stereocenters. The van der Waals surface area contributed by atoms with Crippen molar-refractivity contribution in [3.05, 3.63) is 0 Å². The molecule has 1 fully saturated rings. The average Bonchev–Trinajstić information content (AvgIpc) is 2.52. The Hall–Kier alpha value is -0.160. The highest BCUT2D eigenvalue weighted by molar-refractivity contribution is 14.0. The first-order chi connectivity index (χ1) is 10.3. The Balaban J connectivity index is 0.00000441. The maximum Gasteiger partial charge on any atom is 0.188 e. The largest absolute Gasteiger partial charge is 0.382 e. The maximum atomic E-state index is 5.80. The lowest BCUT2D eigenvalue weighted by molar-refractivity contribution is 0.0376. The van der Waals surface area contributed by atoms with E-state index in [0.29, 0.717) is 32.3 Å². The molecule has 0 aromatic heterocycles. The van der Waals surface area contributed by atoms with Crippen LogP contribution in [0.4, 0.5) is 0 Å². The highest BCUT2D eigenvalue weighted by atomic mass is 127. The van der Waals surface area contributed by atoms with Gasteiger partial charge in [-0.2, -0.15) is 0 Å². The van der Waals surface area contributed by atoms with E-state index in [-0.39, 0.29) is 24.0 Å². The van der Waals surface area contributed by atoms with Crippen LogP contribution in [-0.2, 0) is 14.2 Å². The van der Waals surface area contributed by atoms with Gasteiger partial charge in [-0.05, 0) is 19.4 Å². The number of morpholine rings is 1. The number of nitrogens with zero attached hydrogens (tertiary/aromatic N) is 2. The van der Waals surface area contributed by atoms with Gasteiger partial charge in [0.25, 0.3) is 0 Å². The van der Waals surface area contributed by atoms with Crippen LogP contribution in [0.15, 0.2) is 4.99 Å². The molecule has 1 aliphatic rings. The molecule has 7 nitrogen and oxygen atoms in total. The van der Waals surface area contributed by atoms with E-state index in [1.807, 2.05) is 0 Å². The van der Waals surface area contributed by atoms with E-state index in [1.165, 1.54) is 0 Å². The highest BCUT2D eigenvalue weighted by Gasteiger charge is 2.08. The van der Waals surface area contributed by atoms with Gasteiger partial charge in [0.15, 0.2) is 5.96 Å². The zero-order chi connectivity index (χ0) is 15.2. The summed E-state index contributed by atoms with van der Waals surface area (Å²) in [5.41, 5.74) is 5.80. The molecule has 0 aromatic rings. The van der Waals surface area contributed by atoms with Crippen molar-refractivity contribution in [3.8, 4) is 0 Å². The van der Waals surface area contributed by atoms with Crippen LogP contribution in [0, 0.1) is 0 Å². The molecule has 1 rings (SSSR count). The van der Waals surface area contributed by atoms with Crippen molar-refractivity contribution < 1.29 is 14.2 Å². The molecular weight excluding hydrogens is 399 g/mol. The Kier molecular flexibility index (Phi) is 15.6. The Morgan fingerprint density at radius 3 is 2.73 bits per heavy atom. The Labute approximate surface area is 151 Å². The van der Waals surface area contributed by atoms with Gasteiger partial charge in [-0.3, -0.25) is 9.89 Å². The molecule has 0 bridgehead atoms. The number of hydrogen-bond acceptors (Lipinski definition) is 5. The molecule has 8 heteroatoms. The normalized spacial score (nSPS) is 16.3. The van der Waals surface area contributed by atoms with E-state index in [9.17, 15) is 0 Å². The Morgan fingerprint density at radius 2 is 2.00 bits per heavy atom. The monoisotopic (exact) mass is 430 g/mol. The summed E-state index contributed by atoms with van der Waals surface area (Å²) in [6.07, 6.45) is 1.94. The van der Waals surface area contributed by atoms with E-state index in [1.54, 1.807) is 7.11 Å². The van der Waals surface area contributed by atoms with Crippen LogP contribution in [0.25, 0.3) is 0 Å². The molecule has 132 valence electrons. The summed E-state index contributed by atoms with van der Waals surface area (Å²) >= 11 is 0. The van der Waals surface area contributed by atoms with Crippen molar-refractivity contribution in [1.82, 2.24) is 10.2 Å². The number of nitrogens with one attached hydrogen (secondary N) is 1. The first-order valence-corrected chi connectivity index (χ1v) is 7.73. The quantitative estimate of drug-likeness (QED) is 0.212. The lowest BCUT2D eigenvalue weighted by Gasteiger charge is -2.26. The smallest absolute Gasteiger partial charge is 0.188 e. The number of rotatable bonds is 11. The van der Waals surface area contributed by atoms with Gasteiger partial charge in [0.05, 0.1) is 26.4 Å². The SMILES string of the molecule is COCCOCCCN=C(N)NCCCN1CCOCC1.I. The summed E-state index contributed by atoms with van der Waals surface area (Å²) in [6, 6.07) is 0. The van der Waals surface area contributed by atoms with Crippen molar-refractivity contribution in [2.45, 2.75) is 12.8 Å². The number of aliphatic imine (C=N–C) groups is 1. The average molecular weight is 430 g/mol. The first kappa shape index (κ1) is 21.8. The molecule has 0 aliphatic carbocycles. The fourth-order valence-corrected chi connectivity index (χ4v) is 2.01. The van der Waals surface area contributed by atoms with Crippen LogP contribution in [0.5, 0.6) is 0 Å². The summed E-state index contributed by atoms with van der Waals surface area (Å²) in [5.74, 6) is 0.522. The second-order valence-corrected chi connectivity index (χ2v) is 4.96. The molecule has 1 heterocycles. The molecule has 1 saturated heterocycles. The minimum atomic E-state index is 0. The summed E-state index contributed by atoms with van der Waals surface area (Å²) in [7, 11) is 1.67. The van der Waals surface area contributed by atoms with Gasteiger partial charge in [-0.25, -0.2) is 0 Å². The molecular formula is C14H31IN4O3. The lowest BCUT2D eigenvalue weighted by Crippen LogP contribution is -2.39. The minimum absolute atomic E-state index is 0. The Morgan fingerprint density at radius 1 is 1.23 bits per heavy atom. The second-order valence-electron chi connectivity index (χ2n) is 4.96. The number of methoxy groups -OCH3 is 1. The second kappa shape index (κ2) is 15.7. The van der Waals surface area contributed by atoms with Crippen LogP contribution in [0.1, 0.15) is 12.8 Å². The first-order valence-electron chi connectivity index (χ1n) is 7.73. The Bertz CT molecular complexity index is 277. The fourth-order valence-electron chi connectivity index (χ4n) is 2.01. The molecule has 0 aromatic carbocycles. The van der Waals surface area contributed by atoms with Gasteiger partial charge in [0.1, 0.15) is 0 Å². The molecule has 1 aliphatic heterocycles. The zero-order valence-corrected chi connectivity index (χ0v) is 15.9. The summed E-state index contributed by atoms with van der Waals surface area (Å²) < 4.78 is 15.6. The third kappa shape index (κ3) is 12.4. The molecule has 0 amide bonds. The predicted molar refractivity (Wildman–Crippen MR) is 99.1 cm³/mol. The zero-order valence-electron chi connectivity index (χ0n) is 13.6. The molecule has 0 unspecified atom stereocenters. The van der Waals surface area contributed by atoms with E-state index < -0.39 is 0 Å². The maximum absolute atomic E-state index is 5.80. The minimum Gasteiger partial charge on any atom is -0.382 e. The highest BCUT2D eigenvalue weighted by Crippen LogP contribution is 1.97. The van der Waals surface area contributed by atoms with Gasteiger partial charge in [-0.1, -0.05) is 0 Å². The summed E-state index contributed by atoms with van der Waals surface area (Å²) in [5, 5.41) is 3.14. The molecule has 3 N–H and O–H groups in total. The third-order valence-corrected chi connectivity index (χ3v) is 3.22. The molecule has 0 saturated carbocycles. The molecule has 0 spiro atoms. The van der Waals surface area contributed by atoms with Gasteiger partial charge < -0.3 is 25.3 Å². The number of ether oxygens (including phenoxy) is 3. The third-order valence-electron chi connectivity index (χ3n) is 3.22. The van der Waals surface area contributed by atoms with Crippen LogP contribution < -0.4 is 11.1 Å². The number of halogens is 1. The van der Waals surface area contributed by atoms with Crippen LogP contribution in [0.3, 0.4) is 0 Å². The van der Waals surface area contributed by atoms with Crippen molar-refractivity contribution in [2.75, 3.05) is 72.9 Å². The fraction of sp³-hybridized carbons (Fsp3) is 0.929. The van der Waals surface area contributed by atoms with Crippen molar-refractivity contribution in [2.24, 2.45) is 10.7 Å². The number of guanidine groups is 1. The van der Waals surface area contributed by atoms with Gasteiger partial charge in [0, 0.05) is 39.9 Å². The lowest BCUT2D eigenvalue weighted by atomic mass is 10.3. The van der Waals surface area contributed by atoms with Crippen LogP contribution in [-0.4, -0.2) is 83.7 Å². The summed E-state index contributed by atoms with van der Waals surface area (Å²) in [6.45, 7) is 8.36. The topological polar surface area (TPSA) is 81.3 Å². The van der Waals surface area contributed by atoms with Crippen LogP contribution >= 0.6 is 24.0 Å². The molecule has 0 radical (unpaired) electrons. The van der Waals surface area contributed by atoms with E-state index in [4.69, 9.17) is 19.9 Å².